The van der Waals surface area contributed by atoms with Crippen LogP contribution in [-0.2, 0) is 17.7 Å². The van der Waals surface area contributed by atoms with Crippen LogP contribution < -0.4 is 5.32 Å². The molecule has 1 N–H and O–H groups in total. The van der Waals surface area contributed by atoms with E-state index in [2.05, 4.69) is 15.3 Å². The summed E-state index contributed by atoms with van der Waals surface area (Å²) in [5.41, 5.74) is 1.18. The molecule has 4 nitrogen and oxygen atoms in total. The predicted molar refractivity (Wildman–Crippen MR) is 64.5 cm³/mol. The third-order valence-corrected chi connectivity index (χ3v) is 3.43. The topological polar surface area (TPSA) is 47.0 Å². The van der Waals surface area contributed by atoms with E-state index in [9.17, 15) is 0 Å². The van der Waals surface area contributed by atoms with Gasteiger partial charge in [-0.1, -0.05) is 0 Å². The second kappa shape index (κ2) is 5.10. The molecule has 0 radical (unpaired) electrons. The molecule has 0 spiro atoms. The highest BCUT2D eigenvalue weighted by Gasteiger charge is 2.20. The first-order chi connectivity index (χ1) is 8.40. The number of nitrogens with one attached hydrogen (secondary N) is 1. The quantitative estimate of drug-likeness (QED) is 0.833. The maximum atomic E-state index is 5.36. The van der Waals surface area contributed by atoms with Crippen molar-refractivity contribution in [2.24, 2.45) is 5.92 Å². The summed E-state index contributed by atoms with van der Waals surface area (Å²) >= 11 is 0. The van der Waals surface area contributed by atoms with Gasteiger partial charge in [0.25, 0.3) is 0 Å². The molecule has 3 rings (SSSR count). The zero-order chi connectivity index (χ0) is 11.5. The zero-order valence-corrected chi connectivity index (χ0v) is 10.1. The van der Waals surface area contributed by atoms with Crippen LogP contribution >= 0.6 is 0 Å². The Balaban J connectivity index is 1.51. The molecule has 0 aromatic carbocycles. The number of hydrogen-bond acceptors (Lipinski definition) is 4. The second-order valence-electron chi connectivity index (χ2n) is 5.10. The van der Waals surface area contributed by atoms with E-state index in [0.717, 1.165) is 44.5 Å². The van der Waals surface area contributed by atoms with Crippen molar-refractivity contribution in [3.63, 3.8) is 0 Å². The van der Waals surface area contributed by atoms with E-state index < -0.39 is 0 Å². The maximum Gasteiger partial charge on any atom is 0.128 e. The van der Waals surface area contributed by atoms with Crippen LogP contribution in [0.2, 0.25) is 0 Å². The molecular formula is C13H19N3O. The molecule has 1 unspecified atom stereocenters. The fourth-order valence-electron chi connectivity index (χ4n) is 2.13. The van der Waals surface area contributed by atoms with Crippen LogP contribution in [0, 0.1) is 5.92 Å². The van der Waals surface area contributed by atoms with Crippen LogP contribution in [0.3, 0.4) is 0 Å². The maximum absolute atomic E-state index is 5.36. The van der Waals surface area contributed by atoms with Crippen LogP contribution in [0.4, 0.5) is 0 Å². The molecule has 1 aliphatic carbocycles. The van der Waals surface area contributed by atoms with E-state index >= 15 is 0 Å². The Labute approximate surface area is 102 Å². The van der Waals surface area contributed by atoms with Gasteiger partial charge in [-0.25, -0.2) is 9.97 Å². The summed E-state index contributed by atoms with van der Waals surface area (Å²) in [5, 5.41) is 3.47. The molecule has 1 aromatic heterocycles. The number of nitrogens with zero attached hydrogens (tertiary/aromatic N) is 2. The van der Waals surface area contributed by atoms with Crippen molar-refractivity contribution < 1.29 is 4.74 Å². The average Bonchev–Trinajstić information content (AvgIpc) is 3.05. The van der Waals surface area contributed by atoms with E-state index in [1.165, 1.54) is 18.4 Å². The summed E-state index contributed by atoms with van der Waals surface area (Å²) in [6, 6.07) is 0.741. The minimum absolute atomic E-state index is 0.616. The van der Waals surface area contributed by atoms with E-state index in [4.69, 9.17) is 4.74 Å². The van der Waals surface area contributed by atoms with Crippen LogP contribution in [0.15, 0.2) is 12.4 Å². The predicted octanol–water partition coefficient (Wildman–Crippen LogP) is 1.31. The highest BCUT2D eigenvalue weighted by Crippen LogP contribution is 2.19. The molecule has 1 saturated heterocycles. The minimum Gasteiger partial charge on any atom is -0.381 e. The Morgan fingerprint density at radius 1 is 1.24 bits per heavy atom. The molecule has 2 aliphatic rings. The van der Waals surface area contributed by atoms with Crippen LogP contribution in [0.25, 0.3) is 0 Å². The Morgan fingerprint density at radius 3 is 2.71 bits per heavy atom. The Hall–Kier alpha value is -1.00. The molecule has 17 heavy (non-hydrogen) atoms. The monoisotopic (exact) mass is 233 g/mol. The van der Waals surface area contributed by atoms with Gasteiger partial charge in [0.1, 0.15) is 5.82 Å². The molecule has 1 aliphatic heterocycles. The Bertz CT molecular complexity index is 355. The molecule has 2 heterocycles. The average molecular weight is 233 g/mol. The number of hydrogen-bond donors (Lipinski definition) is 1. The molecular weight excluding hydrogens is 214 g/mol. The minimum atomic E-state index is 0.616. The van der Waals surface area contributed by atoms with Crippen molar-refractivity contribution in [1.82, 2.24) is 15.3 Å². The Kier molecular flexibility index (Phi) is 3.34. The number of rotatable bonds is 5. The lowest BCUT2D eigenvalue weighted by atomic mass is 10.1. The second-order valence-corrected chi connectivity index (χ2v) is 5.10. The van der Waals surface area contributed by atoms with Crippen molar-refractivity contribution in [2.75, 3.05) is 13.2 Å². The molecule has 4 heteroatoms. The van der Waals surface area contributed by atoms with E-state index in [0.29, 0.717) is 5.92 Å². The van der Waals surface area contributed by atoms with Gasteiger partial charge in [0.2, 0.25) is 0 Å². The molecule has 1 aromatic rings. The first-order valence-corrected chi connectivity index (χ1v) is 6.51. The summed E-state index contributed by atoms with van der Waals surface area (Å²) < 4.78 is 5.36. The molecule has 1 atom stereocenters. The van der Waals surface area contributed by atoms with E-state index in [1.807, 2.05) is 12.4 Å². The number of ether oxygens (including phenoxy) is 1. The molecule has 0 bridgehead atoms. The smallest absolute Gasteiger partial charge is 0.128 e. The van der Waals surface area contributed by atoms with Crippen LogP contribution in [0.1, 0.15) is 30.7 Å². The third-order valence-electron chi connectivity index (χ3n) is 3.43. The van der Waals surface area contributed by atoms with E-state index in [-0.39, 0.29) is 0 Å². The van der Waals surface area contributed by atoms with Gasteiger partial charge in [-0.15, -0.1) is 0 Å². The fraction of sp³-hybridized carbons (Fsp3) is 0.692. The van der Waals surface area contributed by atoms with Crippen molar-refractivity contribution >= 4 is 0 Å². The summed E-state index contributed by atoms with van der Waals surface area (Å²) in [7, 11) is 0. The van der Waals surface area contributed by atoms with Crippen LogP contribution in [0.5, 0.6) is 0 Å². The highest BCUT2D eigenvalue weighted by atomic mass is 16.5. The van der Waals surface area contributed by atoms with Gasteiger partial charge in [-0.05, 0) is 25.2 Å². The van der Waals surface area contributed by atoms with Gasteiger partial charge < -0.3 is 10.1 Å². The molecule has 0 amide bonds. The lowest BCUT2D eigenvalue weighted by Gasteiger charge is -2.07. The molecule has 92 valence electrons. The van der Waals surface area contributed by atoms with Crippen LogP contribution in [-0.4, -0.2) is 29.2 Å². The molecule has 1 saturated carbocycles. The van der Waals surface area contributed by atoms with Gasteiger partial charge in [-0.3, -0.25) is 0 Å². The van der Waals surface area contributed by atoms with Crippen molar-refractivity contribution in [1.29, 1.82) is 0 Å². The lowest BCUT2D eigenvalue weighted by Crippen LogP contribution is -2.16. The summed E-state index contributed by atoms with van der Waals surface area (Å²) in [4.78, 5) is 8.87. The van der Waals surface area contributed by atoms with Gasteiger partial charge in [0.05, 0.1) is 0 Å². The third kappa shape index (κ3) is 3.23. The fourth-order valence-corrected chi connectivity index (χ4v) is 2.13. The largest absolute Gasteiger partial charge is 0.381 e. The zero-order valence-electron chi connectivity index (χ0n) is 10.1. The normalized spacial score (nSPS) is 24.1. The van der Waals surface area contributed by atoms with Gasteiger partial charge in [-0.2, -0.15) is 0 Å². The van der Waals surface area contributed by atoms with Gasteiger partial charge >= 0.3 is 0 Å². The van der Waals surface area contributed by atoms with Gasteiger partial charge in [0, 0.05) is 50.2 Å². The van der Waals surface area contributed by atoms with Crippen molar-refractivity contribution in [3.8, 4) is 0 Å². The van der Waals surface area contributed by atoms with Crippen molar-refractivity contribution in [3.05, 3.63) is 23.8 Å². The highest BCUT2D eigenvalue weighted by molar-refractivity contribution is 5.06. The standard InChI is InChI=1S/C13H19N3O/c1-2-12(1)14-6-11-7-15-13(16-8-11)5-10-3-4-17-9-10/h7-8,10,12,14H,1-6,9H2. The summed E-state index contributed by atoms with van der Waals surface area (Å²) in [5.74, 6) is 1.57. The van der Waals surface area contributed by atoms with Crippen molar-refractivity contribution in [2.45, 2.75) is 38.3 Å². The SMILES string of the molecule is c1nc(CC2CCOC2)ncc1CNC1CC1. The Morgan fingerprint density at radius 2 is 2.06 bits per heavy atom. The van der Waals surface area contributed by atoms with Gasteiger partial charge in [0.15, 0.2) is 0 Å². The summed E-state index contributed by atoms with van der Waals surface area (Å²) in [6.07, 6.45) is 8.65. The lowest BCUT2D eigenvalue weighted by molar-refractivity contribution is 0.185. The first-order valence-electron chi connectivity index (χ1n) is 6.51. The van der Waals surface area contributed by atoms with E-state index in [1.54, 1.807) is 0 Å². The molecule has 2 fully saturated rings. The first kappa shape index (κ1) is 11.1. The number of aromatic nitrogens is 2. The summed E-state index contributed by atoms with van der Waals surface area (Å²) in [6.45, 7) is 2.67.